The highest BCUT2D eigenvalue weighted by molar-refractivity contribution is 6.33. The van der Waals surface area contributed by atoms with Crippen LogP contribution in [0.4, 0.5) is 0 Å². The van der Waals surface area contributed by atoms with Crippen molar-refractivity contribution in [3.8, 4) is 0 Å². The van der Waals surface area contributed by atoms with Gasteiger partial charge < -0.3 is 4.74 Å². The lowest BCUT2D eigenvalue weighted by Crippen LogP contribution is -2.07. The van der Waals surface area contributed by atoms with Crippen molar-refractivity contribution in [1.29, 1.82) is 0 Å². The quantitative estimate of drug-likeness (QED) is 0.251. The number of halogens is 1. The average Bonchev–Trinajstić information content (AvgIpc) is 2.61. The third kappa shape index (κ3) is 10.5. The van der Waals surface area contributed by atoms with Gasteiger partial charge in [-0.1, -0.05) is 101 Å². The molecule has 0 aliphatic carbocycles. The van der Waals surface area contributed by atoms with Crippen molar-refractivity contribution >= 4 is 17.6 Å². The molecule has 0 bridgehead atoms. The minimum atomic E-state index is -0.309. The number of carbonyl (C=O) groups is 1. The van der Waals surface area contributed by atoms with Crippen molar-refractivity contribution in [2.75, 3.05) is 6.61 Å². The molecule has 142 valence electrons. The number of hydrogen-bond donors (Lipinski definition) is 0. The highest BCUT2D eigenvalue weighted by atomic mass is 35.5. The number of hydrogen-bond acceptors (Lipinski definition) is 2. The summed E-state index contributed by atoms with van der Waals surface area (Å²) in [5.41, 5.74) is 1.49. The predicted molar refractivity (Wildman–Crippen MR) is 108 cm³/mol. The lowest BCUT2D eigenvalue weighted by molar-refractivity contribution is 0.0497. The molecule has 1 aromatic carbocycles. The Morgan fingerprint density at radius 2 is 1.40 bits per heavy atom. The van der Waals surface area contributed by atoms with Crippen LogP contribution in [0.2, 0.25) is 5.02 Å². The summed E-state index contributed by atoms with van der Waals surface area (Å²) in [6.45, 7) is 4.69. The summed E-state index contributed by atoms with van der Waals surface area (Å²) in [5, 5.41) is 0.463. The normalized spacial score (nSPS) is 10.8. The van der Waals surface area contributed by atoms with Gasteiger partial charge in [0.2, 0.25) is 0 Å². The molecule has 0 saturated heterocycles. The molecule has 0 aromatic heterocycles. The molecule has 1 rings (SSSR count). The van der Waals surface area contributed by atoms with E-state index in [1.165, 1.54) is 64.2 Å². The molecular formula is C22H35ClO2. The SMILES string of the molecule is CCCCCCCCCCCCCCOC(=O)c1cc(C)ccc1Cl. The Morgan fingerprint density at radius 3 is 1.96 bits per heavy atom. The first-order chi connectivity index (χ1) is 12.1. The molecule has 0 saturated carbocycles. The first-order valence-electron chi connectivity index (χ1n) is 10.1. The fourth-order valence-corrected chi connectivity index (χ4v) is 3.18. The van der Waals surface area contributed by atoms with Crippen LogP contribution in [0.15, 0.2) is 18.2 Å². The molecule has 0 atom stereocenters. The summed E-state index contributed by atoms with van der Waals surface area (Å²) in [4.78, 5) is 12.0. The molecule has 0 aliphatic heterocycles. The zero-order valence-corrected chi connectivity index (χ0v) is 16.9. The minimum absolute atomic E-state index is 0.309. The van der Waals surface area contributed by atoms with E-state index in [1.807, 2.05) is 13.0 Å². The van der Waals surface area contributed by atoms with Crippen LogP contribution >= 0.6 is 11.6 Å². The molecule has 1 aromatic rings. The van der Waals surface area contributed by atoms with Crippen LogP contribution in [-0.4, -0.2) is 12.6 Å². The van der Waals surface area contributed by atoms with E-state index in [9.17, 15) is 4.79 Å². The predicted octanol–water partition coefficient (Wildman–Crippen LogP) is 7.51. The van der Waals surface area contributed by atoms with Crippen molar-refractivity contribution in [3.63, 3.8) is 0 Å². The largest absolute Gasteiger partial charge is 0.462 e. The standard InChI is InChI=1S/C22H35ClO2/c1-3-4-5-6-7-8-9-10-11-12-13-14-17-25-22(24)20-18-19(2)15-16-21(20)23/h15-16,18H,3-14,17H2,1-2H3. The molecule has 0 amide bonds. The Hall–Kier alpha value is -1.02. The lowest BCUT2D eigenvalue weighted by Gasteiger charge is -2.07. The van der Waals surface area contributed by atoms with Gasteiger partial charge in [0.05, 0.1) is 17.2 Å². The van der Waals surface area contributed by atoms with E-state index in [0.29, 0.717) is 17.2 Å². The second-order valence-electron chi connectivity index (χ2n) is 7.01. The van der Waals surface area contributed by atoms with E-state index in [0.717, 1.165) is 18.4 Å². The van der Waals surface area contributed by atoms with E-state index < -0.39 is 0 Å². The highest BCUT2D eigenvalue weighted by Gasteiger charge is 2.11. The van der Waals surface area contributed by atoms with Gasteiger partial charge in [0, 0.05) is 0 Å². The molecule has 3 heteroatoms. The van der Waals surface area contributed by atoms with Gasteiger partial charge in [0.25, 0.3) is 0 Å². The Morgan fingerprint density at radius 1 is 0.880 bits per heavy atom. The molecule has 25 heavy (non-hydrogen) atoms. The van der Waals surface area contributed by atoms with Crippen molar-refractivity contribution in [2.45, 2.75) is 90.9 Å². The number of unbranched alkanes of at least 4 members (excludes halogenated alkanes) is 11. The molecule has 0 aliphatic rings. The van der Waals surface area contributed by atoms with Gasteiger partial charge in [-0.3, -0.25) is 0 Å². The summed E-state index contributed by atoms with van der Waals surface area (Å²) in [6, 6.07) is 5.43. The smallest absolute Gasteiger partial charge is 0.339 e. The van der Waals surface area contributed by atoms with Gasteiger partial charge in [-0.2, -0.15) is 0 Å². The van der Waals surface area contributed by atoms with Crippen molar-refractivity contribution in [1.82, 2.24) is 0 Å². The Balaban J connectivity index is 1.95. The number of carbonyl (C=O) groups excluding carboxylic acids is 1. The summed E-state index contributed by atoms with van der Waals surface area (Å²) in [7, 11) is 0. The van der Waals surface area contributed by atoms with Crippen LogP contribution in [-0.2, 0) is 4.74 Å². The van der Waals surface area contributed by atoms with Crippen molar-refractivity contribution in [3.05, 3.63) is 34.3 Å². The van der Waals surface area contributed by atoms with E-state index >= 15 is 0 Å². The maximum Gasteiger partial charge on any atom is 0.339 e. The Labute approximate surface area is 159 Å². The molecule has 2 nitrogen and oxygen atoms in total. The van der Waals surface area contributed by atoms with Crippen molar-refractivity contribution < 1.29 is 9.53 Å². The Bertz CT molecular complexity index is 485. The van der Waals surface area contributed by atoms with E-state index in [4.69, 9.17) is 16.3 Å². The van der Waals surface area contributed by atoms with Crippen LogP contribution in [0.5, 0.6) is 0 Å². The number of benzene rings is 1. The van der Waals surface area contributed by atoms with E-state index in [2.05, 4.69) is 6.92 Å². The van der Waals surface area contributed by atoms with Gasteiger partial charge >= 0.3 is 5.97 Å². The summed E-state index contributed by atoms with van der Waals surface area (Å²) in [6.07, 6.45) is 15.6. The number of aryl methyl sites for hydroxylation is 1. The van der Waals surface area contributed by atoms with Crippen LogP contribution < -0.4 is 0 Å². The minimum Gasteiger partial charge on any atom is -0.462 e. The first-order valence-corrected chi connectivity index (χ1v) is 10.5. The zero-order valence-electron chi connectivity index (χ0n) is 16.1. The third-order valence-corrected chi connectivity index (χ3v) is 4.90. The monoisotopic (exact) mass is 366 g/mol. The van der Waals surface area contributed by atoms with Gasteiger partial charge in [-0.05, 0) is 25.5 Å². The maximum absolute atomic E-state index is 12.0. The number of rotatable bonds is 14. The summed E-state index contributed by atoms with van der Waals surface area (Å²) < 4.78 is 5.33. The average molecular weight is 367 g/mol. The molecule has 0 radical (unpaired) electrons. The van der Waals surface area contributed by atoms with Gasteiger partial charge in [0.1, 0.15) is 0 Å². The fraction of sp³-hybridized carbons (Fsp3) is 0.682. The molecule has 0 fully saturated rings. The maximum atomic E-state index is 12.0. The molecule has 0 heterocycles. The topological polar surface area (TPSA) is 26.3 Å². The molecule has 0 unspecified atom stereocenters. The second kappa shape index (κ2) is 14.2. The summed E-state index contributed by atoms with van der Waals surface area (Å²) in [5.74, 6) is -0.309. The zero-order chi connectivity index (χ0) is 18.3. The molecular weight excluding hydrogens is 332 g/mol. The second-order valence-corrected chi connectivity index (χ2v) is 7.42. The third-order valence-electron chi connectivity index (χ3n) is 4.57. The van der Waals surface area contributed by atoms with Gasteiger partial charge in [-0.15, -0.1) is 0 Å². The van der Waals surface area contributed by atoms with E-state index in [1.54, 1.807) is 12.1 Å². The van der Waals surface area contributed by atoms with Crippen LogP contribution in [0, 0.1) is 6.92 Å². The number of ether oxygens (including phenoxy) is 1. The van der Waals surface area contributed by atoms with Crippen LogP contribution in [0.1, 0.15) is 99.9 Å². The molecule has 0 N–H and O–H groups in total. The highest BCUT2D eigenvalue weighted by Crippen LogP contribution is 2.18. The Kier molecular flexibility index (Phi) is 12.5. The first kappa shape index (κ1) is 22.0. The van der Waals surface area contributed by atoms with Crippen LogP contribution in [0.25, 0.3) is 0 Å². The fourth-order valence-electron chi connectivity index (χ4n) is 2.98. The number of esters is 1. The van der Waals surface area contributed by atoms with Gasteiger partial charge in [-0.25, -0.2) is 4.79 Å². The summed E-state index contributed by atoms with van der Waals surface area (Å²) >= 11 is 6.05. The van der Waals surface area contributed by atoms with Gasteiger partial charge in [0.15, 0.2) is 0 Å². The lowest BCUT2D eigenvalue weighted by atomic mass is 10.1. The van der Waals surface area contributed by atoms with E-state index in [-0.39, 0.29) is 5.97 Å². The molecule has 0 spiro atoms. The van der Waals surface area contributed by atoms with Crippen molar-refractivity contribution in [2.24, 2.45) is 0 Å². The van der Waals surface area contributed by atoms with Crippen LogP contribution in [0.3, 0.4) is 0 Å².